The van der Waals surface area contributed by atoms with E-state index in [4.69, 9.17) is 35.4 Å². The van der Waals surface area contributed by atoms with Gasteiger partial charge < -0.3 is 0 Å². The highest BCUT2D eigenvalue weighted by Gasteiger charge is 2.07. The molecule has 0 atom stereocenters. The predicted molar refractivity (Wildman–Crippen MR) is 90.8 cm³/mol. The van der Waals surface area contributed by atoms with Crippen LogP contribution in [0.1, 0.15) is 5.56 Å². The molecule has 2 nitrogen and oxygen atoms in total. The summed E-state index contributed by atoms with van der Waals surface area (Å²) in [7, 11) is 0. The number of halogens is 2. The summed E-state index contributed by atoms with van der Waals surface area (Å²) in [5, 5.41) is 10.5. The molecule has 0 saturated heterocycles. The molecule has 102 valence electrons. The number of aromatic nitrogens is 2. The second-order valence-electron chi connectivity index (χ2n) is 4.06. The molecule has 0 aliphatic rings. The lowest BCUT2D eigenvalue weighted by atomic mass is 10.1. The second kappa shape index (κ2) is 6.03. The zero-order valence-corrected chi connectivity index (χ0v) is 14.0. The fourth-order valence-corrected chi connectivity index (χ4v) is 4.37. The molecular formula is C13H8Cl2N2S3. The Labute approximate surface area is 139 Å². The first kappa shape index (κ1) is 14.4. The Hall–Kier alpha value is -0.590. The molecule has 0 spiro atoms. The van der Waals surface area contributed by atoms with Gasteiger partial charge in [0.2, 0.25) is 0 Å². The van der Waals surface area contributed by atoms with Gasteiger partial charge in [-0.05, 0) is 41.4 Å². The van der Waals surface area contributed by atoms with Crippen LogP contribution in [0.15, 0.2) is 34.7 Å². The van der Waals surface area contributed by atoms with E-state index in [9.17, 15) is 0 Å². The lowest BCUT2D eigenvalue weighted by Crippen LogP contribution is -1.85. The van der Waals surface area contributed by atoms with Crippen molar-refractivity contribution in [2.45, 2.75) is 10.1 Å². The molecule has 1 N–H and O–H groups in total. The summed E-state index contributed by atoms with van der Waals surface area (Å²) in [5.74, 6) is 0.796. The Balaban J connectivity index is 1.96. The summed E-state index contributed by atoms with van der Waals surface area (Å²) in [6.45, 7) is 0. The van der Waals surface area contributed by atoms with Crippen molar-refractivity contribution in [3.05, 3.63) is 49.9 Å². The van der Waals surface area contributed by atoms with Crippen LogP contribution < -0.4 is 0 Å². The van der Waals surface area contributed by atoms with E-state index in [1.54, 1.807) is 11.8 Å². The molecule has 0 aliphatic heterocycles. The van der Waals surface area contributed by atoms with Gasteiger partial charge in [-0.1, -0.05) is 58.4 Å². The first-order valence-corrected chi connectivity index (χ1v) is 8.65. The molecule has 7 heteroatoms. The fourth-order valence-electron chi connectivity index (χ4n) is 1.89. The van der Waals surface area contributed by atoms with Crippen LogP contribution in [-0.2, 0) is 5.75 Å². The van der Waals surface area contributed by atoms with Crippen molar-refractivity contribution in [1.82, 2.24) is 10.2 Å². The first-order valence-electron chi connectivity index (χ1n) is 5.68. The van der Waals surface area contributed by atoms with E-state index in [-0.39, 0.29) is 0 Å². The molecule has 0 fully saturated rings. The predicted octanol–water partition coefficient (Wildman–Crippen LogP) is 5.95. The van der Waals surface area contributed by atoms with Crippen LogP contribution in [0.25, 0.3) is 10.8 Å². The number of hydrogen-bond acceptors (Lipinski definition) is 4. The van der Waals surface area contributed by atoms with Crippen molar-refractivity contribution >= 4 is 69.3 Å². The normalized spacial score (nSPS) is 11.1. The molecule has 3 rings (SSSR count). The molecule has 3 aromatic rings. The maximum atomic E-state index is 6.22. The van der Waals surface area contributed by atoms with Crippen LogP contribution in [-0.4, -0.2) is 10.2 Å². The van der Waals surface area contributed by atoms with E-state index in [0.29, 0.717) is 8.98 Å². The van der Waals surface area contributed by atoms with Gasteiger partial charge in [0, 0.05) is 21.2 Å². The Morgan fingerprint density at radius 3 is 2.80 bits per heavy atom. The van der Waals surface area contributed by atoms with Crippen molar-refractivity contribution in [2.24, 2.45) is 0 Å². The van der Waals surface area contributed by atoms with Crippen LogP contribution in [0.4, 0.5) is 0 Å². The van der Waals surface area contributed by atoms with Crippen LogP contribution in [0.5, 0.6) is 0 Å². The lowest BCUT2D eigenvalue weighted by Gasteiger charge is -2.07. The molecule has 0 unspecified atom stereocenters. The molecule has 2 aromatic carbocycles. The number of benzene rings is 2. The molecular weight excluding hydrogens is 351 g/mol. The average Bonchev–Trinajstić information content (AvgIpc) is 2.84. The van der Waals surface area contributed by atoms with Crippen LogP contribution in [0.3, 0.4) is 0 Å². The Bertz CT molecular complexity index is 826. The minimum Gasteiger partial charge on any atom is -0.257 e. The third-order valence-corrected chi connectivity index (χ3v) is 5.63. The van der Waals surface area contributed by atoms with Gasteiger partial charge in [0.05, 0.1) is 0 Å². The number of rotatable bonds is 3. The molecule has 0 radical (unpaired) electrons. The number of H-pyrrole nitrogens is 1. The number of nitrogens with zero attached hydrogens (tertiary/aromatic N) is 1. The summed E-state index contributed by atoms with van der Waals surface area (Å²) >= 11 is 20.5. The maximum Gasteiger partial charge on any atom is 0.177 e. The molecule has 0 amide bonds. The number of hydrogen-bond donors (Lipinski definition) is 1. The van der Waals surface area contributed by atoms with Gasteiger partial charge in [-0.3, -0.25) is 5.10 Å². The van der Waals surface area contributed by atoms with Gasteiger partial charge in [0.1, 0.15) is 0 Å². The minimum atomic E-state index is 0.691. The standard InChI is InChI=1S/C13H8Cl2N2S3/c14-8-2-3-9-10(5-8)7(1-4-11(9)15)6-19-13-17-16-12(18)20-13/h1-5H,6H2,(H,16,18). The summed E-state index contributed by atoms with van der Waals surface area (Å²) < 4.78 is 1.62. The Morgan fingerprint density at radius 1 is 1.20 bits per heavy atom. The van der Waals surface area contributed by atoms with Crippen molar-refractivity contribution in [2.75, 3.05) is 0 Å². The van der Waals surface area contributed by atoms with Gasteiger partial charge in [-0.15, -0.1) is 0 Å². The van der Waals surface area contributed by atoms with Crippen molar-refractivity contribution in [3.63, 3.8) is 0 Å². The zero-order valence-electron chi connectivity index (χ0n) is 10.0. The van der Waals surface area contributed by atoms with Gasteiger partial charge >= 0.3 is 0 Å². The van der Waals surface area contributed by atoms with E-state index < -0.39 is 0 Å². The molecule has 1 heterocycles. The lowest BCUT2D eigenvalue weighted by molar-refractivity contribution is 1.00. The molecule has 1 aromatic heterocycles. The third-order valence-electron chi connectivity index (χ3n) is 2.79. The average molecular weight is 359 g/mol. The van der Waals surface area contributed by atoms with Crippen LogP contribution in [0, 0.1) is 3.95 Å². The van der Waals surface area contributed by atoms with Gasteiger partial charge in [-0.25, -0.2) is 0 Å². The number of nitrogens with one attached hydrogen (secondary N) is 1. The van der Waals surface area contributed by atoms with E-state index in [1.807, 2.05) is 30.3 Å². The van der Waals surface area contributed by atoms with Gasteiger partial charge in [0.25, 0.3) is 0 Å². The van der Waals surface area contributed by atoms with Crippen molar-refractivity contribution in [3.8, 4) is 0 Å². The van der Waals surface area contributed by atoms with Gasteiger partial charge in [-0.2, -0.15) is 5.10 Å². The number of thioether (sulfide) groups is 1. The third kappa shape index (κ3) is 3.02. The smallest absolute Gasteiger partial charge is 0.177 e. The van der Waals surface area contributed by atoms with E-state index in [1.165, 1.54) is 16.9 Å². The SMILES string of the molecule is S=c1[nH]nc(SCc2ccc(Cl)c3ccc(Cl)cc23)s1. The quantitative estimate of drug-likeness (QED) is 0.462. The van der Waals surface area contributed by atoms with E-state index >= 15 is 0 Å². The molecule has 20 heavy (non-hydrogen) atoms. The van der Waals surface area contributed by atoms with Gasteiger partial charge in [0.15, 0.2) is 8.29 Å². The summed E-state index contributed by atoms with van der Waals surface area (Å²) in [6, 6.07) is 9.70. The summed E-state index contributed by atoms with van der Waals surface area (Å²) in [5.41, 5.74) is 1.18. The number of aromatic amines is 1. The zero-order chi connectivity index (χ0) is 14.1. The van der Waals surface area contributed by atoms with Crippen LogP contribution in [0.2, 0.25) is 10.0 Å². The summed E-state index contributed by atoms with van der Waals surface area (Å²) in [6.07, 6.45) is 0. The highest BCUT2D eigenvalue weighted by atomic mass is 35.5. The fraction of sp³-hybridized carbons (Fsp3) is 0.0769. The molecule has 0 bridgehead atoms. The number of fused-ring (bicyclic) bond motifs is 1. The highest BCUT2D eigenvalue weighted by Crippen LogP contribution is 2.33. The van der Waals surface area contributed by atoms with Crippen LogP contribution >= 0.6 is 58.5 Å². The van der Waals surface area contributed by atoms with E-state index in [2.05, 4.69) is 10.2 Å². The highest BCUT2D eigenvalue weighted by molar-refractivity contribution is 8.00. The summed E-state index contributed by atoms with van der Waals surface area (Å²) in [4.78, 5) is 0. The maximum absolute atomic E-state index is 6.22. The Kier molecular flexibility index (Phi) is 4.33. The first-order chi connectivity index (χ1) is 9.63. The monoisotopic (exact) mass is 358 g/mol. The van der Waals surface area contributed by atoms with E-state index in [0.717, 1.165) is 25.9 Å². The Morgan fingerprint density at radius 2 is 2.05 bits per heavy atom. The molecule has 0 saturated carbocycles. The largest absolute Gasteiger partial charge is 0.257 e. The topological polar surface area (TPSA) is 28.7 Å². The van der Waals surface area contributed by atoms with Crippen molar-refractivity contribution < 1.29 is 0 Å². The molecule has 0 aliphatic carbocycles. The minimum absolute atomic E-state index is 0.691. The second-order valence-corrected chi connectivity index (χ2v) is 7.80. The van der Waals surface area contributed by atoms with Crippen molar-refractivity contribution in [1.29, 1.82) is 0 Å².